The molecule has 0 saturated carbocycles. The molecule has 1 nitrogen and oxygen atoms in total. The second-order valence-electron chi connectivity index (χ2n) is 7.92. The van der Waals surface area contributed by atoms with Crippen LogP contribution in [0.2, 0.25) is 0 Å². The summed E-state index contributed by atoms with van der Waals surface area (Å²) in [4.78, 5) is 5.06. The molecular weight excluding hydrogens is 302 g/mol. The Bertz CT molecular complexity index is 618. The Morgan fingerprint density at radius 3 is 2.00 bits per heavy atom. The first-order valence-corrected chi connectivity index (χ1v) is 10.6. The van der Waals surface area contributed by atoms with E-state index < -0.39 is 0 Å². The number of benzene rings is 1. The van der Waals surface area contributed by atoms with Crippen LogP contribution in [0.1, 0.15) is 97.1 Å². The Hall–Kier alpha value is -1.37. The van der Waals surface area contributed by atoms with E-state index in [-0.39, 0.29) is 5.41 Å². The molecule has 0 saturated heterocycles. The summed E-state index contributed by atoms with van der Waals surface area (Å²) in [5, 5.41) is 1.25. The number of unbranched alkanes of at least 4 members (excludes halogenated alkanes) is 7. The molecule has 0 fully saturated rings. The highest BCUT2D eigenvalue weighted by Gasteiger charge is 2.27. The van der Waals surface area contributed by atoms with Crippen LogP contribution < -0.4 is 0 Å². The quantitative estimate of drug-likeness (QED) is 0.359. The molecule has 1 aromatic heterocycles. The van der Waals surface area contributed by atoms with Gasteiger partial charge in [0.15, 0.2) is 0 Å². The van der Waals surface area contributed by atoms with E-state index in [1.165, 1.54) is 81.7 Å². The molecular formula is C24H37N. The lowest BCUT2D eigenvalue weighted by molar-refractivity contribution is 0.356. The van der Waals surface area contributed by atoms with E-state index >= 15 is 0 Å². The molecule has 138 valence electrons. The number of fused-ring (bicyclic) bond motifs is 1. The fraction of sp³-hybridized carbons (Fsp3) is 0.625. The molecule has 2 aromatic rings. The molecule has 0 aliphatic carbocycles. The predicted octanol–water partition coefficient (Wildman–Crippen LogP) is 7.82. The van der Waals surface area contributed by atoms with Gasteiger partial charge in [0, 0.05) is 16.5 Å². The minimum absolute atomic E-state index is 0.226. The molecule has 0 radical (unpaired) electrons. The highest BCUT2D eigenvalue weighted by Crippen LogP contribution is 2.35. The number of nitrogens with zero attached hydrogens (tertiary/aromatic N) is 1. The fourth-order valence-corrected chi connectivity index (χ4v) is 3.84. The van der Waals surface area contributed by atoms with Crippen LogP contribution in [-0.2, 0) is 5.41 Å². The van der Waals surface area contributed by atoms with E-state index in [0.29, 0.717) is 0 Å². The van der Waals surface area contributed by atoms with Gasteiger partial charge < -0.3 is 0 Å². The number of hydrogen-bond acceptors (Lipinski definition) is 1. The van der Waals surface area contributed by atoms with Gasteiger partial charge in [0.25, 0.3) is 0 Å². The maximum Gasteiger partial charge on any atom is 0.0705 e. The van der Waals surface area contributed by atoms with Crippen LogP contribution >= 0.6 is 0 Å². The van der Waals surface area contributed by atoms with E-state index in [4.69, 9.17) is 4.98 Å². The topological polar surface area (TPSA) is 12.9 Å². The Morgan fingerprint density at radius 2 is 1.32 bits per heavy atom. The average molecular weight is 340 g/mol. The van der Waals surface area contributed by atoms with Gasteiger partial charge in [-0.3, -0.25) is 4.98 Å². The second-order valence-corrected chi connectivity index (χ2v) is 7.92. The van der Waals surface area contributed by atoms with Crippen LogP contribution in [0.25, 0.3) is 10.9 Å². The lowest BCUT2D eigenvalue weighted by Gasteiger charge is -2.30. The largest absolute Gasteiger partial charge is 0.252 e. The molecule has 2 rings (SSSR count). The maximum atomic E-state index is 5.06. The summed E-state index contributed by atoms with van der Waals surface area (Å²) < 4.78 is 0. The highest BCUT2D eigenvalue weighted by atomic mass is 14.7. The predicted molar refractivity (Wildman–Crippen MR) is 111 cm³/mol. The first-order valence-electron chi connectivity index (χ1n) is 10.6. The molecule has 1 unspecified atom stereocenters. The average Bonchev–Trinajstić information content (AvgIpc) is 2.65. The van der Waals surface area contributed by atoms with Crippen molar-refractivity contribution in [1.82, 2.24) is 4.98 Å². The number of aromatic nitrogens is 1. The number of para-hydroxylation sites is 1. The van der Waals surface area contributed by atoms with E-state index in [2.05, 4.69) is 57.2 Å². The molecule has 0 bridgehead atoms. The zero-order valence-electron chi connectivity index (χ0n) is 16.7. The first kappa shape index (κ1) is 19.9. The summed E-state index contributed by atoms with van der Waals surface area (Å²) in [5.74, 6) is 0. The second kappa shape index (κ2) is 10.6. The lowest BCUT2D eigenvalue weighted by atomic mass is 9.76. The Labute approximate surface area is 155 Å². The van der Waals surface area contributed by atoms with E-state index in [0.717, 1.165) is 5.52 Å². The van der Waals surface area contributed by atoms with Crippen LogP contribution in [0.4, 0.5) is 0 Å². The molecule has 0 spiro atoms. The molecule has 0 N–H and O–H groups in total. The number of hydrogen-bond donors (Lipinski definition) is 0. The zero-order valence-corrected chi connectivity index (χ0v) is 16.7. The van der Waals surface area contributed by atoms with Crippen LogP contribution in [-0.4, -0.2) is 4.98 Å². The molecule has 1 aromatic carbocycles. The molecule has 25 heavy (non-hydrogen) atoms. The van der Waals surface area contributed by atoms with Gasteiger partial charge in [-0.05, 0) is 25.0 Å². The zero-order chi connectivity index (χ0) is 18.0. The van der Waals surface area contributed by atoms with Crippen molar-refractivity contribution >= 4 is 10.9 Å². The molecule has 1 heteroatoms. The molecule has 1 atom stereocenters. The third-order valence-electron chi connectivity index (χ3n) is 5.63. The minimum atomic E-state index is 0.226. The van der Waals surface area contributed by atoms with Crippen molar-refractivity contribution in [2.45, 2.75) is 96.8 Å². The van der Waals surface area contributed by atoms with Crippen molar-refractivity contribution in [2.75, 3.05) is 0 Å². The Kier molecular flexibility index (Phi) is 8.44. The van der Waals surface area contributed by atoms with E-state index in [1.807, 2.05) is 0 Å². The third kappa shape index (κ3) is 6.13. The number of pyridine rings is 1. The first-order chi connectivity index (χ1) is 12.2. The van der Waals surface area contributed by atoms with Crippen molar-refractivity contribution in [1.29, 1.82) is 0 Å². The Morgan fingerprint density at radius 1 is 0.720 bits per heavy atom. The molecule has 0 aliphatic rings. The van der Waals surface area contributed by atoms with Crippen molar-refractivity contribution in [3.63, 3.8) is 0 Å². The summed E-state index contributed by atoms with van der Waals surface area (Å²) in [5.41, 5.74) is 2.67. The smallest absolute Gasteiger partial charge is 0.0705 e. The van der Waals surface area contributed by atoms with Gasteiger partial charge in [-0.15, -0.1) is 0 Å². The van der Waals surface area contributed by atoms with Crippen molar-refractivity contribution in [3.8, 4) is 0 Å². The summed E-state index contributed by atoms with van der Waals surface area (Å²) >= 11 is 0. The van der Waals surface area contributed by atoms with Crippen molar-refractivity contribution < 1.29 is 0 Å². The minimum Gasteiger partial charge on any atom is -0.252 e. The van der Waals surface area contributed by atoms with Crippen LogP contribution in [0.3, 0.4) is 0 Å². The maximum absolute atomic E-state index is 5.06. The summed E-state index contributed by atoms with van der Waals surface area (Å²) in [6, 6.07) is 13.1. The van der Waals surface area contributed by atoms with Gasteiger partial charge >= 0.3 is 0 Å². The van der Waals surface area contributed by atoms with Gasteiger partial charge in [-0.2, -0.15) is 0 Å². The highest BCUT2D eigenvalue weighted by molar-refractivity contribution is 5.78. The van der Waals surface area contributed by atoms with Crippen LogP contribution in [0.15, 0.2) is 36.4 Å². The fourth-order valence-electron chi connectivity index (χ4n) is 3.84. The normalized spacial score (nSPS) is 13.9. The van der Waals surface area contributed by atoms with Gasteiger partial charge in [0.05, 0.1) is 5.52 Å². The van der Waals surface area contributed by atoms with Crippen LogP contribution in [0, 0.1) is 0 Å². The summed E-state index contributed by atoms with van der Waals surface area (Å²) in [6.45, 7) is 7.03. The summed E-state index contributed by atoms with van der Waals surface area (Å²) in [7, 11) is 0. The monoisotopic (exact) mass is 339 g/mol. The number of rotatable bonds is 12. The third-order valence-corrected chi connectivity index (χ3v) is 5.63. The molecule has 0 aliphatic heterocycles. The molecule has 1 heterocycles. The van der Waals surface area contributed by atoms with Crippen molar-refractivity contribution in [2.24, 2.45) is 0 Å². The van der Waals surface area contributed by atoms with Gasteiger partial charge in [0.2, 0.25) is 0 Å². The van der Waals surface area contributed by atoms with Crippen LogP contribution in [0.5, 0.6) is 0 Å². The SMILES string of the molecule is CCCCCCCC(C)(CCCCCC)c1ccc2ccccc2n1. The van der Waals surface area contributed by atoms with E-state index in [1.54, 1.807) is 0 Å². The van der Waals surface area contributed by atoms with Crippen molar-refractivity contribution in [3.05, 3.63) is 42.1 Å². The Balaban J connectivity index is 2.09. The van der Waals surface area contributed by atoms with Gasteiger partial charge in [0.1, 0.15) is 0 Å². The molecule has 0 amide bonds. The summed E-state index contributed by atoms with van der Waals surface area (Å²) in [6.07, 6.45) is 14.7. The van der Waals surface area contributed by atoms with E-state index in [9.17, 15) is 0 Å². The van der Waals surface area contributed by atoms with Gasteiger partial charge in [-0.25, -0.2) is 0 Å². The van der Waals surface area contributed by atoms with Gasteiger partial charge in [-0.1, -0.05) is 103 Å². The standard InChI is InChI=1S/C24H37N/c1-4-6-8-10-14-20-24(3,19-13-9-7-5-2)23-18-17-21-15-11-12-16-22(21)25-23/h11-12,15-18H,4-10,13-14,19-20H2,1-3H3. The lowest BCUT2D eigenvalue weighted by Crippen LogP contribution is -2.23.